The zero-order valence-electron chi connectivity index (χ0n) is 9.79. The van der Waals surface area contributed by atoms with E-state index in [1.807, 2.05) is 30.0 Å². The lowest BCUT2D eigenvalue weighted by Gasteiger charge is -2.15. The van der Waals surface area contributed by atoms with Gasteiger partial charge in [-0.05, 0) is 55.4 Å². The maximum Gasteiger partial charge on any atom is 0.0438 e. The average Bonchev–Trinajstić information content (AvgIpc) is 2.30. The van der Waals surface area contributed by atoms with Crippen LogP contribution in [0.4, 0.5) is 0 Å². The van der Waals surface area contributed by atoms with Gasteiger partial charge in [0.1, 0.15) is 0 Å². The standard InChI is InChI=1S/C13H20ClNS/c1-16-8-4-5-11(10-15)9-12-6-2-3-7-13(12)14/h2-3,6-7,11H,4-5,8-10,15H2,1H3. The summed E-state index contributed by atoms with van der Waals surface area (Å²) in [6.45, 7) is 0.750. The first-order valence-electron chi connectivity index (χ1n) is 5.70. The fraction of sp³-hybridized carbons (Fsp3) is 0.538. The molecule has 1 aromatic rings. The molecule has 1 nitrogen and oxygen atoms in total. The van der Waals surface area contributed by atoms with Crippen molar-refractivity contribution in [2.45, 2.75) is 19.3 Å². The van der Waals surface area contributed by atoms with E-state index >= 15 is 0 Å². The number of hydrogen-bond donors (Lipinski definition) is 1. The van der Waals surface area contributed by atoms with Gasteiger partial charge in [0.2, 0.25) is 0 Å². The van der Waals surface area contributed by atoms with Gasteiger partial charge in [-0.1, -0.05) is 29.8 Å². The summed E-state index contributed by atoms with van der Waals surface area (Å²) in [5.41, 5.74) is 7.03. The van der Waals surface area contributed by atoms with Gasteiger partial charge in [-0.25, -0.2) is 0 Å². The second-order valence-electron chi connectivity index (χ2n) is 4.03. The molecule has 0 aromatic heterocycles. The Balaban J connectivity index is 2.46. The van der Waals surface area contributed by atoms with Crippen LogP contribution in [0.2, 0.25) is 5.02 Å². The molecule has 0 bridgehead atoms. The number of hydrogen-bond acceptors (Lipinski definition) is 2. The number of nitrogens with two attached hydrogens (primary N) is 1. The van der Waals surface area contributed by atoms with Gasteiger partial charge in [0.05, 0.1) is 0 Å². The van der Waals surface area contributed by atoms with E-state index < -0.39 is 0 Å². The van der Waals surface area contributed by atoms with Crippen LogP contribution in [0.1, 0.15) is 18.4 Å². The van der Waals surface area contributed by atoms with Crippen LogP contribution in [0.5, 0.6) is 0 Å². The fourth-order valence-corrected chi connectivity index (χ4v) is 2.46. The van der Waals surface area contributed by atoms with Crippen LogP contribution >= 0.6 is 23.4 Å². The molecule has 0 radical (unpaired) electrons. The Hall–Kier alpha value is -0.180. The summed E-state index contributed by atoms with van der Waals surface area (Å²) >= 11 is 8.04. The molecular formula is C13H20ClNS. The number of thioether (sulfide) groups is 1. The summed E-state index contributed by atoms with van der Waals surface area (Å²) in [4.78, 5) is 0. The van der Waals surface area contributed by atoms with Gasteiger partial charge in [-0.3, -0.25) is 0 Å². The molecule has 0 fully saturated rings. The summed E-state index contributed by atoms with van der Waals surface area (Å²) in [7, 11) is 0. The molecule has 0 aliphatic heterocycles. The normalized spacial score (nSPS) is 12.7. The summed E-state index contributed by atoms with van der Waals surface area (Å²) < 4.78 is 0. The Bertz CT molecular complexity index is 304. The van der Waals surface area contributed by atoms with Gasteiger partial charge < -0.3 is 5.73 Å². The summed E-state index contributed by atoms with van der Waals surface area (Å²) in [6, 6.07) is 8.06. The van der Waals surface area contributed by atoms with Crippen molar-refractivity contribution in [3.63, 3.8) is 0 Å². The molecule has 0 aliphatic carbocycles. The highest BCUT2D eigenvalue weighted by Crippen LogP contribution is 2.21. The van der Waals surface area contributed by atoms with E-state index in [-0.39, 0.29) is 0 Å². The van der Waals surface area contributed by atoms with Gasteiger partial charge in [0.25, 0.3) is 0 Å². The zero-order valence-corrected chi connectivity index (χ0v) is 11.4. The van der Waals surface area contributed by atoms with Crippen LogP contribution in [0.25, 0.3) is 0 Å². The van der Waals surface area contributed by atoms with Gasteiger partial charge in [0, 0.05) is 5.02 Å². The zero-order chi connectivity index (χ0) is 11.8. The molecule has 16 heavy (non-hydrogen) atoms. The summed E-state index contributed by atoms with van der Waals surface area (Å²) in [5, 5.41) is 0.866. The average molecular weight is 258 g/mol. The van der Waals surface area contributed by atoms with Gasteiger partial charge in [0.15, 0.2) is 0 Å². The lowest BCUT2D eigenvalue weighted by atomic mass is 9.95. The highest BCUT2D eigenvalue weighted by molar-refractivity contribution is 7.98. The lowest BCUT2D eigenvalue weighted by Crippen LogP contribution is -2.17. The largest absolute Gasteiger partial charge is 0.330 e. The van der Waals surface area contributed by atoms with Gasteiger partial charge in [-0.2, -0.15) is 11.8 Å². The molecule has 0 saturated carbocycles. The van der Waals surface area contributed by atoms with Crippen LogP contribution in [-0.4, -0.2) is 18.6 Å². The minimum atomic E-state index is 0.562. The number of halogens is 1. The first-order valence-corrected chi connectivity index (χ1v) is 7.47. The monoisotopic (exact) mass is 257 g/mol. The third kappa shape index (κ3) is 4.77. The number of rotatable bonds is 7. The quantitative estimate of drug-likeness (QED) is 0.756. The first-order chi connectivity index (χ1) is 7.77. The molecule has 90 valence electrons. The van der Waals surface area contributed by atoms with Crippen molar-refractivity contribution in [2.75, 3.05) is 18.6 Å². The highest BCUT2D eigenvalue weighted by Gasteiger charge is 2.09. The van der Waals surface area contributed by atoms with Gasteiger partial charge >= 0.3 is 0 Å². The lowest BCUT2D eigenvalue weighted by molar-refractivity contribution is 0.489. The smallest absolute Gasteiger partial charge is 0.0438 e. The van der Waals surface area contributed by atoms with Crippen molar-refractivity contribution < 1.29 is 0 Å². The molecule has 1 unspecified atom stereocenters. The molecule has 3 heteroatoms. The molecule has 0 spiro atoms. The van der Waals surface area contributed by atoms with Crippen molar-refractivity contribution in [1.82, 2.24) is 0 Å². The second-order valence-corrected chi connectivity index (χ2v) is 5.43. The highest BCUT2D eigenvalue weighted by atomic mass is 35.5. The van der Waals surface area contributed by atoms with Crippen molar-refractivity contribution in [3.05, 3.63) is 34.9 Å². The molecule has 0 amide bonds. The van der Waals surface area contributed by atoms with Gasteiger partial charge in [-0.15, -0.1) is 0 Å². The Kier molecular flexibility index (Phi) is 6.93. The summed E-state index contributed by atoms with van der Waals surface area (Å²) in [5.74, 6) is 1.78. The van der Waals surface area contributed by atoms with Crippen molar-refractivity contribution in [2.24, 2.45) is 11.7 Å². The van der Waals surface area contributed by atoms with E-state index in [1.165, 1.54) is 24.2 Å². The molecule has 1 rings (SSSR count). The van der Waals surface area contributed by atoms with Crippen LogP contribution < -0.4 is 5.73 Å². The van der Waals surface area contributed by atoms with E-state index in [0.717, 1.165) is 18.0 Å². The minimum absolute atomic E-state index is 0.562. The van der Waals surface area contributed by atoms with E-state index in [2.05, 4.69) is 12.3 Å². The van der Waals surface area contributed by atoms with Crippen LogP contribution in [0, 0.1) is 5.92 Å². The van der Waals surface area contributed by atoms with Crippen molar-refractivity contribution in [1.29, 1.82) is 0 Å². The van der Waals surface area contributed by atoms with E-state index in [1.54, 1.807) is 0 Å². The Labute approximate surface area is 108 Å². The van der Waals surface area contributed by atoms with E-state index in [0.29, 0.717) is 5.92 Å². The Morgan fingerprint density at radius 2 is 2.12 bits per heavy atom. The molecule has 1 aromatic carbocycles. The molecule has 2 N–H and O–H groups in total. The Morgan fingerprint density at radius 1 is 1.38 bits per heavy atom. The van der Waals surface area contributed by atoms with Crippen molar-refractivity contribution in [3.8, 4) is 0 Å². The predicted molar refractivity (Wildman–Crippen MR) is 75.3 cm³/mol. The fourth-order valence-electron chi connectivity index (χ4n) is 1.79. The van der Waals surface area contributed by atoms with Crippen molar-refractivity contribution >= 4 is 23.4 Å². The SMILES string of the molecule is CSCCCC(CN)Cc1ccccc1Cl. The third-order valence-corrected chi connectivity index (χ3v) is 3.83. The van der Waals surface area contributed by atoms with Crippen LogP contribution in [0.3, 0.4) is 0 Å². The molecule has 0 aliphatic rings. The predicted octanol–water partition coefficient (Wildman–Crippen LogP) is 3.60. The Morgan fingerprint density at radius 3 is 2.75 bits per heavy atom. The first kappa shape index (κ1) is 13.9. The molecule has 0 heterocycles. The third-order valence-electron chi connectivity index (χ3n) is 2.76. The molecule has 0 saturated heterocycles. The van der Waals surface area contributed by atoms with Crippen LogP contribution in [-0.2, 0) is 6.42 Å². The summed E-state index contributed by atoms with van der Waals surface area (Å²) in [6.07, 6.45) is 5.59. The maximum absolute atomic E-state index is 6.14. The second kappa shape index (κ2) is 7.99. The van der Waals surface area contributed by atoms with E-state index in [9.17, 15) is 0 Å². The maximum atomic E-state index is 6.14. The molecular weight excluding hydrogens is 238 g/mol. The van der Waals surface area contributed by atoms with Crippen LogP contribution in [0.15, 0.2) is 24.3 Å². The van der Waals surface area contributed by atoms with E-state index in [4.69, 9.17) is 17.3 Å². The minimum Gasteiger partial charge on any atom is -0.330 e. The number of benzene rings is 1. The topological polar surface area (TPSA) is 26.0 Å². The molecule has 1 atom stereocenters.